The lowest BCUT2D eigenvalue weighted by molar-refractivity contribution is -0.135. The van der Waals surface area contributed by atoms with Gasteiger partial charge in [-0.3, -0.25) is 9.69 Å². The molecule has 0 spiro atoms. The Kier molecular flexibility index (Phi) is 5.28. The van der Waals surface area contributed by atoms with Crippen LogP contribution in [-0.2, 0) is 4.79 Å². The Balaban J connectivity index is 2.01. The summed E-state index contributed by atoms with van der Waals surface area (Å²) in [7, 11) is 0. The average Bonchev–Trinajstić information content (AvgIpc) is 2.50. The third kappa shape index (κ3) is 3.76. The molecule has 3 N–H and O–H groups in total. The fraction of sp³-hybridized carbons (Fsp3) is 0.938. The smallest absolute Gasteiger partial charge is 0.240 e. The lowest BCUT2D eigenvalue weighted by atomic mass is 9.77. The third-order valence-corrected chi connectivity index (χ3v) is 5.38. The number of carbonyl (C=O) groups excluding carboxylic acids is 1. The Morgan fingerprint density at radius 3 is 2.43 bits per heavy atom. The first-order chi connectivity index (χ1) is 9.89. The van der Waals surface area contributed by atoms with Crippen molar-refractivity contribution in [1.82, 2.24) is 15.5 Å². The summed E-state index contributed by atoms with van der Waals surface area (Å²) in [6.07, 6.45) is 3.92. The number of nitrogens with zero attached hydrogens (tertiary/aromatic N) is 1. The van der Waals surface area contributed by atoms with Crippen molar-refractivity contribution < 1.29 is 9.90 Å². The number of hydrogen-bond donors (Lipinski definition) is 3. The van der Waals surface area contributed by atoms with Crippen molar-refractivity contribution in [3.8, 4) is 0 Å². The highest BCUT2D eigenvalue weighted by molar-refractivity contribution is 5.86. The molecule has 0 aromatic carbocycles. The van der Waals surface area contributed by atoms with Crippen molar-refractivity contribution in [1.29, 1.82) is 0 Å². The van der Waals surface area contributed by atoms with Crippen LogP contribution in [0, 0.1) is 5.92 Å². The van der Waals surface area contributed by atoms with Gasteiger partial charge in [-0.15, -0.1) is 0 Å². The lowest BCUT2D eigenvalue weighted by Crippen LogP contribution is -2.64. The SMILES string of the molecule is CC1CCC(CO)(NC(=O)C(C)(C)N2CCNCC2)CC1. The summed E-state index contributed by atoms with van der Waals surface area (Å²) in [6.45, 7) is 9.91. The van der Waals surface area contributed by atoms with Crippen LogP contribution in [-0.4, -0.2) is 59.8 Å². The first-order valence-electron chi connectivity index (χ1n) is 8.29. The van der Waals surface area contributed by atoms with Gasteiger partial charge in [0.05, 0.1) is 17.7 Å². The number of rotatable bonds is 4. The van der Waals surface area contributed by atoms with Gasteiger partial charge >= 0.3 is 0 Å². The molecule has 2 fully saturated rings. The molecule has 1 aliphatic carbocycles. The van der Waals surface area contributed by atoms with Crippen LogP contribution in [0.2, 0.25) is 0 Å². The summed E-state index contributed by atoms with van der Waals surface area (Å²) in [6, 6.07) is 0. The van der Waals surface area contributed by atoms with E-state index in [1.165, 1.54) is 0 Å². The zero-order valence-corrected chi connectivity index (χ0v) is 13.7. The van der Waals surface area contributed by atoms with Crippen molar-refractivity contribution >= 4 is 5.91 Å². The van der Waals surface area contributed by atoms with Crippen LogP contribution in [0.1, 0.15) is 46.5 Å². The van der Waals surface area contributed by atoms with Crippen LogP contribution >= 0.6 is 0 Å². The van der Waals surface area contributed by atoms with Gasteiger partial charge in [0.1, 0.15) is 0 Å². The second kappa shape index (κ2) is 6.63. The fourth-order valence-electron chi connectivity index (χ4n) is 3.40. The van der Waals surface area contributed by atoms with E-state index in [0.29, 0.717) is 5.92 Å². The topological polar surface area (TPSA) is 64.6 Å². The van der Waals surface area contributed by atoms with Crippen molar-refractivity contribution in [3.63, 3.8) is 0 Å². The van der Waals surface area contributed by atoms with Gasteiger partial charge in [-0.05, 0) is 45.4 Å². The van der Waals surface area contributed by atoms with Gasteiger partial charge in [-0.1, -0.05) is 6.92 Å². The maximum absolute atomic E-state index is 12.8. The third-order valence-electron chi connectivity index (χ3n) is 5.38. The summed E-state index contributed by atoms with van der Waals surface area (Å²) in [5.74, 6) is 0.746. The molecule has 0 aromatic heterocycles. The molecule has 0 unspecified atom stereocenters. The molecule has 1 aliphatic heterocycles. The second-order valence-electron chi connectivity index (χ2n) is 7.37. The monoisotopic (exact) mass is 297 g/mol. The van der Waals surface area contributed by atoms with E-state index in [9.17, 15) is 9.90 Å². The van der Waals surface area contributed by atoms with Gasteiger partial charge in [0.15, 0.2) is 0 Å². The van der Waals surface area contributed by atoms with Crippen molar-refractivity contribution in [2.45, 2.75) is 57.5 Å². The fourth-order valence-corrected chi connectivity index (χ4v) is 3.40. The summed E-state index contributed by atoms with van der Waals surface area (Å²) in [5.41, 5.74) is -0.928. The summed E-state index contributed by atoms with van der Waals surface area (Å²) in [5, 5.41) is 16.3. The Hall–Kier alpha value is -0.650. The van der Waals surface area contributed by atoms with E-state index in [4.69, 9.17) is 0 Å². The van der Waals surface area contributed by atoms with Crippen LogP contribution in [0.5, 0.6) is 0 Å². The zero-order chi connectivity index (χ0) is 15.5. The molecule has 5 nitrogen and oxygen atoms in total. The number of nitrogens with one attached hydrogen (secondary N) is 2. The van der Waals surface area contributed by atoms with E-state index in [-0.39, 0.29) is 12.5 Å². The molecule has 0 aromatic rings. The molecule has 0 atom stereocenters. The van der Waals surface area contributed by atoms with E-state index < -0.39 is 11.1 Å². The lowest BCUT2D eigenvalue weighted by Gasteiger charge is -2.44. The van der Waals surface area contributed by atoms with Gasteiger partial charge in [-0.25, -0.2) is 0 Å². The quantitative estimate of drug-likeness (QED) is 0.716. The van der Waals surface area contributed by atoms with Gasteiger partial charge in [0.25, 0.3) is 0 Å². The largest absolute Gasteiger partial charge is 0.394 e. The number of hydrogen-bond acceptors (Lipinski definition) is 4. The highest BCUT2D eigenvalue weighted by Gasteiger charge is 2.41. The number of amides is 1. The van der Waals surface area contributed by atoms with Crippen LogP contribution in [0.3, 0.4) is 0 Å². The molecule has 2 rings (SSSR count). The normalized spacial score (nSPS) is 31.9. The molecule has 1 saturated heterocycles. The molecule has 5 heteroatoms. The molecule has 1 saturated carbocycles. The minimum absolute atomic E-state index is 0.0447. The van der Waals surface area contributed by atoms with Crippen molar-refractivity contribution in [2.75, 3.05) is 32.8 Å². The minimum Gasteiger partial charge on any atom is -0.394 e. The van der Waals surface area contributed by atoms with Crippen LogP contribution in [0.4, 0.5) is 0 Å². The van der Waals surface area contributed by atoms with Gasteiger partial charge < -0.3 is 15.7 Å². The molecule has 1 amide bonds. The van der Waals surface area contributed by atoms with Crippen LogP contribution in [0.25, 0.3) is 0 Å². The summed E-state index contributed by atoms with van der Waals surface area (Å²) in [4.78, 5) is 15.0. The number of aliphatic hydroxyl groups is 1. The second-order valence-corrected chi connectivity index (χ2v) is 7.37. The molecule has 0 radical (unpaired) electrons. The Morgan fingerprint density at radius 1 is 1.33 bits per heavy atom. The highest BCUT2D eigenvalue weighted by Crippen LogP contribution is 2.32. The zero-order valence-electron chi connectivity index (χ0n) is 13.7. The minimum atomic E-state index is -0.521. The van der Waals surface area contributed by atoms with E-state index in [2.05, 4.69) is 22.5 Å². The number of carbonyl (C=O) groups is 1. The predicted molar refractivity (Wildman–Crippen MR) is 84.1 cm³/mol. The van der Waals surface area contributed by atoms with Gasteiger partial charge in [0.2, 0.25) is 5.91 Å². The maximum atomic E-state index is 12.8. The molecule has 0 bridgehead atoms. The molecule has 2 aliphatic rings. The van der Waals surface area contributed by atoms with Gasteiger partial charge in [0, 0.05) is 26.2 Å². The molecule has 1 heterocycles. The Labute approximate surface area is 128 Å². The standard InChI is InChI=1S/C16H31N3O2/c1-13-4-6-16(12-20,7-5-13)18-14(21)15(2,3)19-10-8-17-9-11-19/h13,17,20H,4-12H2,1-3H3,(H,18,21). The van der Waals surface area contributed by atoms with Crippen molar-refractivity contribution in [2.24, 2.45) is 5.92 Å². The van der Waals surface area contributed by atoms with E-state index >= 15 is 0 Å². The van der Waals surface area contributed by atoms with Gasteiger partial charge in [-0.2, -0.15) is 0 Å². The number of piperazine rings is 1. The van der Waals surface area contributed by atoms with Crippen LogP contribution < -0.4 is 10.6 Å². The Bertz CT molecular complexity index is 357. The maximum Gasteiger partial charge on any atom is 0.240 e. The molecular formula is C16H31N3O2. The van der Waals surface area contributed by atoms with E-state index in [1.807, 2.05) is 13.8 Å². The van der Waals surface area contributed by atoms with E-state index in [0.717, 1.165) is 51.9 Å². The summed E-state index contributed by atoms with van der Waals surface area (Å²) < 4.78 is 0. The molecule has 122 valence electrons. The first-order valence-corrected chi connectivity index (χ1v) is 8.29. The molecule has 21 heavy (non-hydrogen) atoms. The number of aliphatic hydroxyl groups excluding tert-OH is 1. The highest BCUT2D eigenvalue weighted by atomic mass is 16.3. The Morgan fingerprint density at radius 2 is 1.90 bits per heavy atom. The first kappa shape index (κ1) is 16.7. The predicted octanol–water partition coefficient (Wildman–Crippen LogP) is 0.728. The van der Waals surface area contributed by atoms with Crippen molar-refractivity contribution in [3.05, 3.63) is 0 Å². The van der Waals surface area contributed by atoms with Crippen LogP contribution in [0.15, 0.2) is 0 Å². The molecular weight excluding hydrogens is 266 g/mol. The summed E-state index contributed by atoms with van der Waals surface area (Å²) >= 11 is 0. The average molecular weight is 297 g/mol. The van der Waals surface area contributed by atoms with E-state index in [1.54, 1.807) is 0 Å².